The molecule has 0 saturated carbocycles. The van der Waals surface area contributed by atoms with Gasteiger partial charge in [0.05, 0.1) is 14.2 Å². The van der Waals surface area contributed by atoms with Crippen molar-refractivity contribution in [2.24, 2.45) is 0 Å². The summed E-state index contributed by atoms with van der Waals surface area (Å²) in [4.78, 5) is 18.2. The summed E-state index contributed by atoms with van der Waals surface area (Å²) in [6.07, 6.45) is 0.733. The Balaban J connectivity index is 0.000000567. The van der Waals surface area contributed by atoms with Crippen LogP contribution in [-0.4, -0.2) is 47.6 Å². The van der Waals surface area contributed by atoms with Crippen molar-refractivity contribution in [3.63, 3.8) is 0 Å². The van der Waals surface area contributed by atoms with Gasteiger partial charge in [-0.2, -0.15) is 0 Å². The number of hydroxylamine groups is 1. The summed E-state index contributed by atoms with van der Waals surface area (Å²) in [5.74, 6) is -2.23. The molecule has 0 spiro atoms. The molecule has 21 heavy (non-hydrogen) atoms. The van der Waals surface area contributed by atoms with Crippen LogP contribution in [0.3, 0.4) is 0 Å². The van der Waals surface area contributed by atoms with Crippen molar-refractivity contribution in [2.45, 2.75) is 19.4 Å². The first-order chi connectivity index (χ1) is 9.85. The third-order valence-corrected chi connectivity index (χ3v) is 2.39. The Morgan fingerprint density at radius 2 is 1.67 bits per heavy atom. The van der Waals surface area contributed by atoms with Gasteiger partial charge >= 0.3 is 11.9 Å². The largest absolute Gasteiger partial charge is 0.493 e. The van der Waals surface area contributed by atoms with E-state index in [-0.39, 0.29) is 6.04 Å². The highest BCUT2D eigenvalue weighted by atomic mass is 16.5. The van der Waals surface area contributed by atoms with Crippen molar-refractivity contribution in [3.05, 3.63) is 23.8 Å². The lowest BCUT2D eigenvalue weighted by Gasteiger charge is -2.12. The van der Waals surface area contributed by atoms with E-state index < -0.39 is 11.9 Å². The Hall–Kier alpha value is -2.32. The van der Waals surface area contributed by atoms with Crippen LogP contribution in [0.5, 0.6) is 11.5 Å². The number of carbonyl (C=O) groups is 2. The molecule has 0 saturated heterocycles. The van der Waals surface area contributed by atoms with E-state index in [0.29, 0.717) is 11.5 Å². The first-order valence-electron chi connectivity index (χ1n) is 5.92. The van der Waals surface area contributed by atoms with E-state index in [1.54, 1.807) is 14.2 Å². The molecule has 0 aliphatic carbocycles. The second kappa shape index (κ2) is 9.56. The molecule has 1 aromatic rings. The van der Waals surface area contributed by atoms with Crippen molar-refractivity contribution in [1.29, 1.82) is 0 Å². The van der Waals surface area contributed by atoms with Gasteiger partial charge in [0.25, 0.3) is 0 Å². The molecule has 1 rings (SSSR count). The van der Waals surface area contributed by atoms with Gasteiger partial charge in [-0.3, -0.25) is 0 Å². The number of ether oxygens (including phenoxy) is 2. The Morgan fingerprint density at radius 1 is 1.14 bits per heavy atom. The zero-order valence-corrected chi connectivity index (χ0v) is 12.0. The van der Waals surface area contributed by atoms with Gasteiger partial charge < -0.3 is 24.9 Å². The Morgan fingerprint density at radius 3 is 2.05 bits per heavy atom. The summed E-state index contributed by atoms with van der Waals surface area (Å²) in [7, 11) is 3.21. The smallest absolute Gasteiger partial charge is 0.414 e. The van der Waals surface area contributed by atoms with Crippen LogP contribution in [0, 0.1) is 0 Å². The molecule has 118 valence electrons. The molecule has 1 unspecified atom stereocenters. The van der Waals surface area contributed by atoms with E-state index in [1.807, 2.05) is 25.1 Å². The molecule has 1 atom stereocenters. The van der Waals surface area contributed by atoms with Gasteiger partial charge in [0, 0.05) is 6.04 Å². The van der Waals surface area contributed by atoms with E-state index in [1.165, 1.54) is 0 Å². The molecule has 0 aliphatic rings. The van der Waals surface area contributed by atoms with Gasteiger partial charge in [-0.15, -0.1) is 0 Å². The normalized spacial score (nSPS) is 10.9. The molecule has 8 heteroatoms. The first kappa shape index (κ1) is 18.7. The van der Waals surface area contributed by atoms with E-state index in [2.05, 4.69) is 5.48 Å². The lowest BCUT2D eigenvalue weighted by Crippen LogP contribution is -2.24. The van der Waals surface area contributed by atoms with Gasteiger partial charge in [0.15, 0.2) is 11.5 Å². The maximum atomic E-state index is 9.10. The summed E-state index contributed by atoms with van der Waals surface area (Å²) in [6, 6.07) is 5.74. The van der Waals surface area contributed by atoms with E-state index in [0.717, 1.165) is 12.0 Å². The maximum absolute atomic E-state index is 9.10. The zero-order chi connectivity index (χ0) is 16.4. The third-order valence-electron chi connectivity index (χ3n) is 2.39. The molecule has 8 nitrogen and oxygen atoms in total. The lowest BCUT2D eigenvalue weighted by molar-refractivity contribution is -0.159. The van der Waals surface area contributed by atoms with E-state index in [9.17, 15) is 0 Å². The minimum absolute atomic E-state index is 0.0168. The summed E-state index contributed by atoms with van der Waals surface area (Å²) in [5.41, 5.74) is 3.29. The third kappa shape index (κ3) is 7.14. The molecular formula is C13H19NO7. The summed E-state index contributed by atoms with van der Waals surface area (Å²) in [6.45, 7) is 1.90. The fraction of sp³-hybridized carbons (Fsp3) is 0.385. The summed E-state index contributed by atoms with van der Waals surface area (Å²) >= 11 is 0. The number of methoxy groups -OCH3 is 2. The second-order valence-electron chi connectivity index (χ2n) is 4.03. The van der Waals surface area contributed by atoms with Crippen molar-refractivity contribution < 1.29 is 34.5 Å². The number of carboxylic acid groups (broad SMARTS) is 2. The molecule has 0 bridgehead atoms. The Bertz CT molecular complexity index is 464. The van der Waals surface area contributed by atoms with Crippen molar-refractivity contribution >= 4 is 11.9 Å². The molecule has 0 aromatic heterocycles. The van der Waals surface area contributed by atoms with Crippen molar-refractivity contribution in [1.82, 2.24) is 5.48 Å². The van der Waals surface area contributed by atoms with Crippen LogP contribution in [0.1, 0.15) is 12.5 Å². The minimum atomic E-state index is -1.82. The Kier molecular flexibility index (Phi) is 8.51. The van der Waals surface area contributed by atoms with Crippen LogP contribution in [0.25, 0.3) is 0 Å². The standard InChI is InChI=1S/C11H17NO3.C2H2O4/c1-8(12-13)6-9-4-5-10(14-2)11(7-9)15-3;3-1(4)2(5)6/h4-5,7-8,12-13H,6H2,1-3H3;(H,3,4)(H,5,6). The number of rotatable bonds is 5. The Labute approximate surface area is 121 Å². The number of carboxylic acids is 2. The summed E-state index contributed by atoms with van der Waals surface area (Å²) < 4.78 is 10.3. The molecule has 0 amide bonds. The topological polar surface area (TPSA) is 125 Å². The monoisotopic (exact) mass is 301 g/mol. The van der Waals surface area contributed by atoms with Gasteiger partial charge in [-0.05, 0) is 31.0 Å². The van der Waals surface area contributed by atoms with Gasteiger partial charge in [-0.1, -0.05) is 6.07 Å². The molecule has 0 aliphatic heterocycles. The van der Waals surface area contributed by atoms with E-state index >= 15 is 0 Å². The van der Waals surface area contributed by atoms with Crippen molar-refractivity contribution in [3.8, 4) is 11.5 Å². The highest BCUT2D eigenvalue weighted by Crippen LogP contribution is 2.27. The number of nitrogens with one attached hydrogen (secondary N) is 1. The maximum Gasteiger partial charge on any atom is 0.414 e. The van der Waals surface area contributed by atoms with Gasteiger partial charge in [0.2, 0.25) is 0 Å². The number of hydrogen-bond donors (Lipinski definition) is 4. The number of hydrogen-bond acceptors (Lipinski definition) is 6. The predicted octanol–water partition coefficient (Wildman–Crippen LogP) is 0.769. The molecule has 0 fully saturated rings. The van der Waals surface area contributed by atoms with Crippen LogP contribution >= 0.6 is 0 Å². The SMILES string of the molecule is COc1ccc(CC(C)NO)cc1OC.O=C(O)C(=O)O. The predicted molar refractivity (Wildman–Crippen MR) is 72.9 cm³/mol. The number of aliphatic carboxylic acids is 2. The zero-order valence-electron chi connectivity index (χ0n) is 12.0. The molecule has 0 heterocycles. The molecular weight excluding hydrogens is 282 g/mol. The van der Waals surface area contributed by atoms with Gasteiger partial charge in [-0.25, -0.2) is 15.1 Å². The average Bonchev–Trinajstić information content (AvgIpc) is 2.47. The van der Waals surface area contributed by atoms with E-state index in [4.69, 9.17) is 34.5 Å². The van der Waals surface area contributed by atoms with Crippen LogP contribution in [0.4, 0.5) is 0 Å². The second-order valence-corrected chi connectivity index (χ2v) is 4.03. The molecule has 1 aromatic carbocycles. The van der Waals surface area contributed by atoms with Crippen LogP contribution < -0.4 is 15.0 Å². The summed E-state index contributed by atoms with van der Waals surface area (Å²) in [5, 5.41) is 23.5. The van der Waals surface area contributed by atoms with Crippen LogP contribution in [0.2, 0.25) is 0 Å². The fourth-order valence-electron chi connectivity index (χ4n) is 1.41. The molecule has 0 radical (unpaired) electrons. The van der Waals surface area contributed by atoms with Crippen LogP contribution in [0.15, 0.2) is 18.2 Å². The highest BCUT2D eigenvalue weighted by Gasteiger charge is 2.07. The minimum Gasteiger partial charge on any atom is -0.493 e. The quantitative estimate of drug-likeness (QED) is 0.464. The average molecular weight is 301 g/mol. The van der Waals surface area contributed by atoms with Gasteiger partial charge in [0.1, 0.15) is 0 Å². The highest BCUT2D eigenvalue weighted by molar-refractivity contribution is 6.27. The fourth-order valence-corrected chi connectivity index (χ4v) is 1.41. The first-order valence-corrected chi connectivity index (χ1v) is 5.92. The van der Waals surface area contributed by atoms with Crippen molar-refractivity contribution in [2.75, 3.05) is 14.2 Å². The van der Waals surface area contributed by atoms with Crippen LogP contribution in [-0.2, 0) is 16.0 Å². The number of benzene rings is 1. The molecule has 4 N–H and O–H groups in total. The lowest BCUT2D eigenvalue weighted by atomic mass is 10.1.